The van der Waals surface area contributed by atoms with Crippen molar-refractivity contribution in [1.29, 1.82) is 0 Å². The van der Waals surface area contributed by atoms with Gasteiger partial charge in [-0.3, -0.25) is 0 Å². The molecule has 1 heterocycles. The minimum atomic E-state index is 0.0275. The van der Waals surface area contributed by atoms with Crippen LogP contribution in [0.4, 0.5) is 4.79 Å². The predicted octanol–water partition coefficient (Wildman–Crippen LogP) is 5.03. The van der Waals surface area contributed by atoms with Crippen LogP contribution < -0.4 is 5.32 Å². The first kappa shape index (κ1) is 16.6. The number of hydrogen-bond acceptors (Lipinski definition) is 1. The van der Waals surface area contributed by atoms with Crippen molar-refractivity contribution in [3.05, 3.63) is 40.5 Å². The molecule has 1 saturated heterocycles. The van der Waals surface area contributed by atoms with Gasteiger partial charge in [0.15, 0.2) is 0 Å². The van der Waals surface area contributed by atoms with E-state index in [0.29, 0.717) is 11.5 Å². The summed E-state index contributed by atoms with van der Waals surface area (Å²) in [7, 11) is 0. The summed E-state index contributed by atoms with van der Waals surface area (Å²) in [6.07, 6.45) is 7.11. The lowest BCUT2D eigenvalue weighted by atomic mass is 9.65. The van der Waals surface area contributed by atoms with Crippen LogP contribution in [0.1, 0.15) is 45.6 Å². The molecule has 3 rings (SSSR count). The summed E-state index contributed by atoms with van der Waals surface area (Å²) in [6, 6.07) is 8.37. The van der Waals surface area contributed by atoms with E-state index in [1.54, 1.807) is 6.20 Å². The minimum Gasteiger partial charge on any atom is -0.321 e. The van der Waals surface area contributed by atoms with Crippen LogP contribution in [-0.4, -0.2) is 23.5 Å². The number of urea groups is 1. The van der Waals surface area contributed by atoms with Gasteiger partial charge >= 0.3 is 6.03 Å². The number of amides is 2. The first-order chi connectivity index (χ1) is 10.8. The molecule has 1 aliphatic heterocycles. The van der Waals surface area contributed by atoms with Crippen molar-refractivity contribution in [2.24, 2.45) is 10.8 Å². The number of rotatable bonds is 2. The number of likely N-dealkylation sites (tertiary alicyclic amines) is 1. The van der Waals surface area contributed by atoms with Gasteiger partial charge in [0.1, 0.15) is 0 Å². The summed E-state index contributed by atoms with van der Waals surface area (Å²) < 4.78 is 1.02. The summed E-state index contributed by atoms with van der Waals surface area (Å²) in [5.74, 6) is 0. The molecule has 2 atom stereocenters. The molecule has 2 bridgehead atoms. The molecular weight excluding hydrogens is 352 g/mol. The Balaban J connectivity index is 1.65. The van der Waals surface area contributed by atoms with E-state index in [1.807, 2.05) is 35.2 Å². The van der Waals surface area contributed by atoms with Gasteiger partial charge in [-0.2, -0.15) is 0 Å². The van der Waals surface area contributed by atoms with Gasteiger partial charge in [-0.15, -0.1) is 0 Å². The number of nitrogens with zero attached hydrogens (tertiary/aromatic N) is 1. The predicted molar refractivity (Wildman–Crippen MR) is 97.9 cm³/mol. The van der Waals surface area contributed by atoms with E-state index in [4.69, 9.17) is 0 Å². The van der Waals surface area contributed by atoms with Crippen LogP contribution in [0.5, 0.6) is 0 Å². The quantitative estimate of drug-likeness (QED) is 0.770. The van der Waals surface area contributed by atoms with E-state index in [1.165, 1.54) is 6.42 Å². The lowest BCUT2D eigenvalue weighted by molar-refractivity contribution is 0.129. The van der Waals surface area contributed by atoms with Crippen LogP contribution in [0.3, 0.4) is 0 Å². The fourth-order valence-corrected chi connectivity index (χ4v) is 5.01. The summed E-state index contributed by atoms with van der Waals surface area (Å²) in [5.41, 5.74) is 1.66. The smallest absolute Gasteiger partial charge is 0.321 e. The fraction of sp³-hybridized carbons (Fsp3) is 0.526. The second-order valence-corrected chi connectivity index (χ2v) is 9.00. The third-order valence-corrected chi connectivity index (χ3v) is 5.77. The van der Waals surface area contributed by atoms with Gasteiger partial charge in [0.05, 0.1) is 0 Å². The Morgan fingerprint density at radius 1 is 1.30 bits per heavy atom. The summed E-state index contributed by atoms with van der Waals surface area (Å²) in [5, 5.41) is 2.94. The van der Waals surface area contributed by atoms with Crippen LogP contribution in [-0.2, 0) is 0 Å². The van der Waals surface area contributed by atoms with E-state index >= 15 is 0 Å². The number of carbonyl (C=O) groups excluding carboxylic acids is 1. The lowest BCUT2D eigenvalue weighted by Gasteiger charge is -2.39. The summed E-state index contributed by atoms with van der Waals surface area (Å²) in [6.45, 7) is 7.85. The molecule has 2 amide bonds. The first-order valence-electron chi connectivity index (χ1n) is 8.26. The fourth-order valence-electron chi connectivity index (χ4n) is 4.59. The van der Waals surface area contributed by atoms with E-state index < -0.39 is 0 Å². The molecule has 0 spiro atoms. The Hall–Kier alpha value is -1.29. The Morgan fingerprint density at radius 3 is 2.78 bits per heavy atom. The van der Waals surface area contributed by atoms with E-state index in [9.17, 15) is 4.79 Å². The summed E-state index contributed by atoms with van der Waals surface area (Å²) in [4.78, 5) is 14.6. The number of hydrogen-bond donors (Lipinski definition) is 1. The largest absolute Gasteiger partial charge is 0.321 e. The van der Waals surface area contributed by atoms with Gasteiger partial charge < -0.3 is 10.2 Å². The van der Waals surface area contributed by atoms with Gasteiger partial charge in [0.2, 0.25) is 0 Å². The third kappa shape index (κ3) is 3.63. The van der Waals surface area contributed by atoms with Crippen molar-refractivity contribution in [2.45, 2.75) is 46.1 Å². The molecule has 0 radical (unpaired) electrons. The van der Waals surface area contributed by atoms with Crippen molar-refractivity contribution >= 4 is 28.0 Å². The SMILES string of the molecule is CC1(C)CC2CC(C)(CN2C(=O)N/C=C/c2ccccc2Br)C1. The van der Waals surface area contributed by atoms with Gasteiger partial charge in [-0.1, -0.05) is 54.9 Å². The van der Waals surface area contributed by atoms with Crippen molar-refractivity contribution in [3.63, 3.8) is 0 Å². The van der Waals surface area contributed by atoms with Gasteiger partial charge in [0.25, 0.3) is 0 Å². The maximum absolute atomic E-state index is 12.6. The molecule has 23 heavy (non-hydrogen) atoms. The minimum absolute atomic E-state index is 0.0275. The Labute approximate surface area is 147 Å². The van der Waals surface area contributed by atoms with Crippen LogP contribution in [0, 0.1) is 10.8 Å². The highest BCUT2D eigenvalue weighted by atomic mass is 79.9. The highest BCUT2D eigenvalue weighted by Crippen LogP contribution is 2.52. The van der Waals surface area contributed by atoms with Gasteiger partial charge in [0, 0.05) is 23.3 Å². The topological polar surface area (TPSA) is 32.3 Å². The second kappa shape index (κ2) is 5.97. The molecule has 4 heteroatoms. The monoisotopic (exact) mass is 376 g/mol. The molecule has 1 aromatic rings. The number of carbonyl (C=O) groups is 1. The molecule has 2 aliphatic rings. The van der Waals surface area contributed by atoms with E-state index in [-0.39, 0.29) is 11.4 Å². The van der Waals surface area contributed by atoms with Crippen molar-refractivity contribution in [1.82, 2.24) is 10.2 Å². The standard InChI is InChI=1S/C19H25BrN2O/c1-18(2)10-15-11-19(3,12-18)13-22(15)17(23)21-9-8-14-6-4-5-7-16(14)20/h4-9,15H,10-13H2,1-3H3,(H,21,23)/b9-8+. The second-order valence-electron chi connectivity index (χ2n) is 8.15. The van der Waals surface area contributed by atoms with Crippen LogP contribution >= 0.6 is 15.9 Å². The van der Waals surface area contributed by atoms with Gasteiger partial charge in [-0.25, -0.2) is 4.79 Å². The molecular formula is C19H25BrN2O. The molecule has 0 aromatic heterocycles. The Morgan fingerprint density at radius 2 is 2.04 bits per heavy atom. The third-order valence-electron chi connectivity index (χ3n) is 5.05. The first-order valence-corrected chi connectivity index (χ1v) is 9.06. The zero-order valence-corrected chi connectivity index (χ0v) is 15.7. The maximum atomic E-state index is 12.6. The molecule has 2 fully saturated rings. The molecule has 3 nitrogen and oxygen atoms in total. The van der Waals surface area contributed by atoms with Crippen molar-refractivity contribution < 1.29 is 4.79 Å². The van der Waals surface area contributed by atoms with Gasteiger partial charge in [-0.05, 0) is 47.8 Å². The number of fused-ring (bicyclic) bond motifs is 2. The Kier molecular flexibility index (Phi) is 4.30. The number of halogens is 1. The van der Waals surface area contributed by atoms with E-state index in [2.05, 4.69) is 42.0 Å². The van der Waals surface area contributed by atoms with E-state index in [0.717, 1.165) is 29.4 Å². The average Bonchev–Trinajstić information content (AvgIpc) is 2.70. The van der Waals surface area contributed by atoms with Crippen LogP contribution in [0.25, 0.3) is 6.08 Å². The highest BCUT2D eigenvalue weighted by molar-refractivity contribution is 9.10. The Bertz CT molecular complexity index is 640. The number of benzene rings is 1. The summed E-state index contributed by atoms with van der Waals surface area (Å²) >= 11 is 3.51. The van der Waals surface area contributed by atoms with Crippen molar-refractivity contribution in [2.75, 3.05) is 6.54 Å². The van der Waals surface area contributed by atoms with Crippen LogP contribution in [0.2, 0.25) is 0 Å². The zero-order valence-electron chi connectivity index (χ0n) is 14.1. The molecule has 1 aromatic carbocycles. The lowest BCUT2D eigenvalue weighted by Crippen LogP contribution is -2.41. The molecule has 1 aliphatic carbocycles. The number of nitrogens with one attached hydrogen (secondary N) is 1. The highest BCUT2D eigenvalue weighted by Gasteiger charge is 2.50. The average molecular weight is 377 g/mol. The molecule has 1 saturated carbocycles. The van der Waals surface area contributed by atoms with Crippen molar-refractivity contribution in [3.8, 4) is 0 Å². The normalized spacial score (nSPS) is 29.0. The molecule has 2 unspecified atom stereocenters. The van der Waals surface area contributed by atoms with Crippen LogP contribution in [0.15, 0.2) is 34.9 Å². The molecule has 1 N–H and O–H groups in total. The molecule has 124 valence electrons. The zero-order chi connectivity index (χ0) is 16.7. The maximum Gasteiger partial charge on any atom is 0.321 e.